The molecule has 0 bridgehead atoms. The summed E-state index contributed by atoms with van der Waals surface area (Å²) < 4.78 is 12.0. The van der Waals surface area contributed by atoms with Crippen LogP contribution in [0.5, 0.6) is 5.75 Å². The van der Waals surface area contributed by atoms with Crippen molar-refractivity contribution in [3.05, 3.63) is 59.4 Å². The Hall–Kier alpha value is -3.50. The van der Waals surface area contributed by atoms with Crippen molar-refractivity contribution in [3.8, 4) is 5.75 Å². The molecule has 1 amide bonds. The van der Waals surface area contributed by atoms with Crippen LogP contribution >= 0.6 is 15.9 Å². The first-order chi connectivity index (χ1) is 18.4. The van der Waals surface area contributed by atoms with Gasteiger partial charge in [-0.2, -0.15) is 0 Å². The molecule has 0 aliphatic heterocycles. The summed E-state index contributed by atoms with van der Waals surface area (Å²) in [6, 6.07) is 11.3. The molecule has 1 fully saturated rings. The molecule has 9 nitrogen and oxygen atoms in total. The van der Waals surface area contributed by atoms with E-state index in [0.717, 1.165) is 41.2 Å². The Bertz CT molecular complexity index is 1310. The van der Waals surface area contributed by atoms with Crippen molar-refractivity contribution in [3.63, 3.8) is 0 Å². The Kier molecular flexibility index (Phi) is 9.67. The monoisotopic (exact) mass is 581 g/mol. The van der Waals surface area contributed by atoms with Crippen molar-refractivity contribution in [2.75, 3.05) is 37.9 Å². The number of hydrogen-bond acceptors (Lipinski definition) is 8. The molecule has 200 valence electrons. The first-order valence-corrected chi connectivity index (χ1v) is 13.4. The van der Waals surface area contributed by atoms with Gasteiger partial charge >= 0.3 is 5.97 Å². The molecule has 2 aromatic carbocycles. The molecule has 1 aromatic heterocycles. The topological polar surface area (TPSA) is 106 Å². The van der Waals surface area contributed by atoms with Crippen molar-refractivity contribution in [2.45, 2.75) is 38.2 Å². The van der Waals surface area contributed by atoms with E-state index in [4.69, 9.17) is 9.47 Å². The van der Waals surface area contributed by atoms with E-state index in [9.17, 15) is 9.59 Å². The maximum Gasteiger partial charge on any atom is 0.320 e. The first kappa shape index (κ1) is 27.5. The minimum Gasteiger partial charge on any atom is -0.494 e. The molecule has 1 aliphatic carbocycles. The summed E-state index contributed by atoms with van der Waals surface area (Å²) in [5.41, 5.74) is 2.02. The Morgan fingerprint density at radius 1 is 1.16 bits per heavy atom. The lowest BCUT2D eigenvalue weighted by Gasteiger charge is -2.23. The number of ether oxygens (including phenoxy) is 2. The fourth-order valence-corrected chi connectivity index (χ4v) is 4.76. The van der Waals surface area contributed by atoms with Crippen LogP contribution in [0, 0.1) is 0 Å². The molecule has 4 rings (SSSR count). The van der Waals surface area contributed by atoms with Crippen LogP contribution in [-0.2, 0) is 14.3 Å². The molecule has 0 unspecified atom stereocenters. The highest BCUT2D eigenvalue weighted by molar-refractivity contribution is 9.10. The molecule has 1 heterocycles. The lowest BCUT2D eigenvalue weighted by atomic mass is 9.98. The average Bonchev–Trinajstić information content (AvgIpc) is 2.89. The highest BCUT2D eigenvalue weighted by Crippen LogP contribution is 2.33. The summed E-state index contributed by atoms with van der Waals surface area (Å²) >= 11 is 3.47. The molecule has 0 saturated heterocycles. The fraction of sp³-hybridized carbons (Fsp3) is 0.357. The number of carbonyl (C=O) groups excluding carboxylic acids is 2. The number of aromatic nitrogens is 2. The van der Waals surface area contributed by atoms with Gasteiger partial charge in [-0.05, 0) is 57.0 Å². The summed E-state index contributed by atoms with van der Waals surface area (Å²) in [5, 5.41) is 6.90. The third-order valence-corrected chi connectivity index (χ3v) is 6.73. The van der Waals surface area contributed by atoms with E-state index in [1.54, 1.807) is 18.2 Å². The number of benzene rings is 2. The minimum atomic E-state index is -0.320. The average molecular weight is 582 g/mol. The predicted octanol–water partition coefficient (Wildman–Crippen LogP) is 5.45. The van der Waals surface area contributed by atoms with Gasteiger partial charge in [-0.15, -0.1) is 0 Å². The predicted molar refractivity (Wildman–Crippen MR) is 152 cm³/mol. The van der Waals surface area contributed by atoms with Gasteiger partial charge in [0.1, 0.15) is 24.0 Å². The maximum absolute atomic E-state index is 12.7. The number of hydrogen-bond donors (Lipinski definition) is 2. The van der Waals surface area contributed by atoms with E-state index in [-0.39, 0.29) is 24.5 Å². The molecule has 0 spiro atoms. The van der Waals surface area contributed by atoms with Crippen LogP contribution in [0.15, 0.2) is 59.4 Å². The van der Waals surface area contributed by atoms with Gasteiger partial charge < -0.3 is 20.1 Å². The number of fused-ring (bicyclic) bond motifs is 1. The SMILES string of the molecule is COc1cc2ncnc(Nc3cccc(Br)c3)c2cc1NC(=O)/C=C/CN(C)CC(=O)OC1CCCCC1. The van der Waals surface area contributed by atoms with Crippen LogP contribution in [0.25, 0.3) is 10.9 Å². The number of carbonyl (C=O) groups is 2. The molecule has 2 N–H and O–H groups in total. The zero-order valence-electron chi connectivity index (χ0n) is 21.6. The van der Waals surface area contributed by atoms with Crippen molar-refractivity contribution in [1.29, 1.82) is 0 Å². The molecule has 1 saturated carbocycles. The normalized spacial score (nSPS) is 14.1. The lowest BCUT2D eigenvalue weighted by Crippen LogP contribution is -2.31. The second kappa shape index (κ2) is 13.3. The van der Waals surface area contributed by atoms with Gasteiger partial charge in [0.05, 0.1) is 24.9 Å². The zero-order valence-corrected chi connectivity index (χ0v) is 23.2. The van der Waals surface area contributed by atoms with Gasteiger partial charge in [0.2, 0.25) is 5.91 Å². The molecule has 0 atom stereocenters. The summed E-state index contributed by atoms with van der Waals surface area (Å²) in [6.07, 6.45) is 10.00. The Labute approximate surface area is 230 Å². The van der Waals surface area contributed by atoms with Crippen LogP contribution in [0.3, 0.4) is 0 Å². The molecular weight excluding hydrogens is 550 g/mol. The second-order valence-electron chi connectivity index (χ2n) is 9.27. The standard InChI is InChI=1S/C28H32BrN5O4/c1-34(17-27(36)38-21-10-4-3-5-11-21)13-7-12-26(35)33-24-15-22-23(16-25(24)37-2)30-18-31-28(22)32-20-9-6-8-19(29)14-20/h6-9,12,14-16,18,21H,3-5,10-11,13,17H2,1-2H3,(H,33,35)(H,30,31,32)/b12-7+. The highest BCUT2D eigenvalue weighted by Gasteiger charge is 2.18. The first-order valence-electron chi connectivity index (χ1n) is 12.6. The quantitative estimate of drug-likeness (QED) is 0.240. The van der Waals surface area contributed by atoms with Gasteiger partial charge in [0, 0.05) is 34.2 Å². The fourth-order valence-electron chi connectivity index (χ4n) is 4.36. The molecule has 0 radical (unpaired) electrons. The number of rotatable bonds is 10. The number of amides is 1. The van der Waals surface area contributed by atoms with Crippen molar-refractivity contribution in [1.82, 2.24) is 14.9 Å². The van der Waals surface area contributed by atoms with Crippen molar-refractivity contribution < 1.29 is 19.1 Å². The van der Waals surface area contributed by atoms with Crippen LogP contribution in [0.1, 0.15) is 32.1 Å². The lowest BCUT2D eigenvalue weighted by molar-refractivity contribution is -0.151. The van der Waals surface area contributed by atoms with Crippen molar-refractivity contribution in [2.24, 2.45) is 0 Å². The minimum absolute atomic E-state index is 0.0404. The molecule has 10 heteroatoms. The van der Waals surface area contributed by atoms with Gasteiger partial charge in [-0.3, -0.25) is 14.5 Å². The van der Waals surface area contributed by atoms with Gasteiger partial charge in [0.25, 0.3) is 0 Å². The summed E-state index contributed by atoms with van der Waals surface area (Å²) in [5.74, 6) is 0.532. The molecule has 1 aliphatic rings. The van der Waals surface area contributed by atoms with Crippen LogP contribution in [0.4, 0.5) is 17.2 Å². The third kappa shape index (κ3) is 7.75. The summed E-state index contributed by atoms with van der Waals surface area (Å²) in [6.45, 7) is 0.602. The molecular formula is C28H32BrN5O4. The smallest absolute Gasteiger partial charge is 0.320 e. The number of likely N-dealkylation sites (N-methyl/N-ethyl adjacent to an activating group) is 1. The van der Waals surface area contributed by atoms with E-state index >= 15 is 0 Å². The third-order valence-electron chi connectivity index (χ3n) is 6.24. The van der Waals surface area contributed by atoms with E-state index in [1.165, 1.54) is 25.9 Å². The number of methoxy groups -OCH3 is 1. The van der Waals surface area contributed by atoms with Gasteiger partial charge in [-0.1, -0.05) is 34.5 Å². The van der Waals surface area contributed by atoms with Crippen LogP contribution in [-0.4, -0.2) is 60.1 Å². The van der Waals surface area contributed by atoms with Gasteiger partial charge in [0.15, 0.2) is 0 Å². The second-order valence-corrected chi connectivity index (χ2v) is 10.2. The van der Waals surface area contributed by atoms with E-state index in [0.29, 0.717) is 29.3 Å². The van der Waals surface area contributed by atoms with Crippen molar-refractivity contribution >= 4 is 55.9 Å². The van der Waals surface area contributed by atoms with E-state index in [1.807, 2.05) is 36.2 Å². The van der Waals surface area contributed by atoms with E-state index in [2.05, 4.69) is 36.5 Å². The molecule has 38 heavy (non-hydrogen) atoms. The Balaban J connectivity index is 1.38. The van der Waals surface area contributed by atoms with Crippen LogP contribution < -0.4 is 15.4 Å². The largest absolute Gasteiger partial charge is 0.494 e. The Morgan fingerprint density at radius 3 is 2.74 bits per heavy atom. The number of halogens is 1. The Morgan fingerprint density at radius 2 is 1.97 bits per heavy atom. The number of anilines is 3. The molecule has 3 aromatic rings. The van der Waals surface area contributed by atoms with Gasteiger partial charge in [-0.25, -0.2) is 9.97 Å². The summed E-state index contributed by atoms with van der Waals surface area (Å²) in [4.78, 5) is 35.4. The summed E-state index contributed by atoms with van der Waals surface area (Å²) in [7, 11) is 3.35. The number of nitrogens with one attached hydrogen (secondary N) is 2. The zero-order chi connectivity index (χ0) is 26.9. The number of nitrogens with zero attached hydrogens (tertiary/aromatic N) is 3. The van der Waals surface area contributed by atoms with E-state index < -0.39 is 0 Å². The van der Waals surface area contributed by atoms with Crippen LogP contribution in [0.2, 0.25) is 0 Å². The highest BCUT2D eigenvalue weighted by atomic mass is 79.9. The number of esters is 1. The maximum atomic E-state index is 12.7.